The molecule has 1 aromatic carbocycles. The molecule has 1 aliphatic rings. The number of hydrogen-bond donors (Lipinski definition) is 2. The molecule has 1 saturated carbocycles. The monoisotopic (exact) mass is 345 g/mol. The normalized spacial score (nSPS) is 14.8. The fraction of sp³-hybridized carbons (Fsp3) is 0.294. The van der Waals surface area contributed by atoms with Crippen LogP contribution in [0.25, 0.3) is 5.69 Å². The third-order valence-electron chi connectivity index (χ3n) is 4.05. The van der Waals surface area contributed by atoms with E-state index in [2.05, 4.69) is 10.4 Å². The minimum absolute atomic E-state index is 0.0889. The molecule has 2 aromatic rings. The molecular weight excluding hydrogens is 329 g/mol. The maximum absolute atomic E-state index is 14.0. The summed E-state index contributed by atoms with van der Waals surface area (Å²) in [7, 11) is 0. The molecule has 25 heavy (non-hydrogen) atoms. The van der Waals surface area contributed by atoms with Crippen molar-refractivity contribution in [2.24, 2.45) is 5.92 Å². The number of para-hydroxylation sites is 1. The van der Waals surface area contributed by atoms with Gasteiger partial charge < -0.3 is 10.4 Å². The van der Waals surface area contributed by atoms with Gasteiger partial charge in [0.05, 0.1) is 0 Å². The molecule has 0 saturated heterocycles. The number of nitrogens with one attached hydrogen (secondary N) is 1. The van der Waals surface area contributed by atoms with Crippen LogP contribution in [0.2, 0.25) is 0 Å². The first-order valence-corrected chi connectivity index (χ1v) is 7.78. The van der Waals surface area contributed by atoms with E-state index in [9.17, 15) is 23.9 Å². The average Bonchev–Trinajstić information content (AvgIpc) is 3.38. The van der Waals surface area contributed by atoms with Crippen LogP contribution in [-0.2, 0) is 4.79 Å². The molecule has 1 atom stereocenters. The summed E-state index contributed by atoms with van der Waals surface area (Å²) in [5, 5.41) is 15.5. The summed E-state index contributed by atoms with van der Waals surface area (Å²) in [6, 6.07) is 5.92. The predicted octanol–water partition coefficient (Wildman–Crippen LogP) is 1.27. The quantitative estimate of drug-likeness (QED) is 0.850. The Labute approximate surface area is 142 Å². The van der Waals surface area contributed by atoms with E-state index in [1.165, 1.54) is 24.3 Å². The van der Waals surface area contributed by atoms with Crippen LogP contribution in [0.4, 0.5) is 4.39 Å². The van der Waals surface area contributed by atoms with Gasteiger partial charge in [-0.25, -0.2) is 13.9 Å². The topological polar surface area (TPSA) is 101 Å². The Morgan fingerprint density at radius 3 is 2.64 bits per heavy atom. The van der Waals surface area contributed by atoms with Crippen molar-refractivity contribution < 1.29 is 19.1 Å². The number of carbonyl (C=O) groups is 2. The molecule has 0 bridgehead atoms. The molecule has 2 N–H and O–H groups in total. The molecular formula is C17H16FN3O4. The number of aryl methyl sites for hydroxylation is 1. The lowest BCUT2D eigenvalue weighted by molar-refractivity contribution is -0.139. The predicted molar refractivity (Wildman–Crippen MR) is 86.1 cm³/mol. The van der Waals surface area contributed by atoms with E-state index < -0.39 is 34.9 Å². The van der Waals surface area contributed by atoms with E-state index in [0.29, 0.717) is 18.5 Å². The van der Waals surface area contributed by atoms with Crippen LogP contribution in [0.3, 0.4) is 0 Å². The van der Waals surface area contributed by atoms with Gasteiger partial charge in [0.15, 0.2) is 5.69 Å². The second kappa shape index (κ2) is 6.46. The molecule has 130 valence electrons. The summed E-state index contributed by atoms with van der Waals surface area (Å²) < 4.78 is 15.2. The number of aliphatic carboxylic acids is 1. The lowest BCUT2D eigenvalue weighted by Crippen LogP contribution is -2.44. The number of benzene rings is 1. The third kappa shape index (κ3) is 3.42. The highest BCUT2D eigenvalue weighted by atomic mass is 19.1. The lowest BCUT2D eigenvalue weighted by atomic mass is 10.2. The Balaban J connectivity index is 1.98. The van der Waals surface area contributed by atoms with Crippen molar-refractivity contribution in [2.75, 3.05) is 0 Å². The van der Waals surface area contributed by atoms with Gasteiger partial charge in [-0.2, -0.15) is 5.10 Å². The van der Waals surface area contributed by atoms with Crippen LogP contribution in [0.5, 0.6) is 0 Å². The number of aromatic nitrogens is 2. The van der Waals surface area contributed by atoms with E-state index in [-0.39, 0.29) is 11.6 Å². The Hall–Kier alpha value is -3.03. The summed E-state index contributed by atoms with van der Waals surface area (Å²) >= 11 is 0. The summed E-state index contributed by atoms with van der Waals surface area (Å²) in [6.07, 6.45) is 1.41. The van der Waals surface area contributed by atoms with Crippen LogP contribution in [0, 0.1) is 18.7 Å². The zero-order valence-corrected chi connectivity index (χ0v) is 13.4. The van der Waals surface area contributed by atoms with E-state index in [0.717, 1.165) is 4.68 Å². The highest BCUT2D eigenvalue weighted by molar-refractivity contribution is 5.95. The molecule has 1 unspecified atom stereocenters. The van der Waals surface area contributed by atoms with E-state index in [4.69, 9.17) is 0 Å². The minimum Gasteiger partial charge on any atom is -0.480 e. The summed E-state index contributed by atoms with van der Waals surface area (Å²) in [5.41, 5.74) is -0.682. The van der Waals surface area contributed by atoms with E-state index >= 15 is 0 Å². The molecule has 8 heteroatoms. The first-order valence-electron chi connectivity index (χ1n) is 7.78. The van der Waals surface area contributed by atoms with Crippen molar-refractivity contribution in [1.82, 2.24) is 15.1 Å². The maximum Gasteiger partial charge on any atom is 0.326 e. The Kier molecular flexibility index (Phi) is 4.35. The Morgan fingerprint density at radius 1 is 1.36 bits per heavy atom. The molecule has 1 amide bonds. The Morgan fingerprint density at radius 2 is 2.04 bits per heavy atom. The molecule has 1 aliphatic carbocycles. The van der Waals surface area contributed by atoms with Gasteiger partial charge in [0.1, 0.15) is 17.5 Å². The van der Waals surface area contributed by atoms with Crippen LogP contribution in [0.1, 0.15) is 29.0 Å². The number of halogens is 1. The average molecular weight is 345 g/mol. The van der Waals surface area contributed by atoms with E-state index in [1.807, 2.05) is 0 Å². The lowest BCUT2D eigenvalue weighted by Gasteiger charge is -2.15. The molecule has 7 nitrogen and oxygen atoms in total. The minimum atomic E-state index is -1.16. The zero-order valence-electron chi connectivity index (χ0n) is 13.4. The summed E-state index contributed by atoms with van der Waals surface area (Å²) in [5.74, 6) is -2.73. The smallest absolute Gasteiger partial charge is 0.326 e. The zero-order chi connectivity index (χ0) is 18.1. The van der Waals surface area contributed by atoms with Gasteiger partial charge in [-0.3, -0.25) is 9.59 Å². The van der Waals surface area contributed by atoms with Crippen molar-refractivity contribution in [3.63, 3.8) is 0 Å². The van der Waals surface area contributed by atoms with Gasteiger partial charge in [0.25, 0.3) is 5.91 Å². The second-order valence-electron chi connectivity index (χ2n) is 5.99. The highest BCUT2D eigenvalue weighted by Gasteiger charge is 2.38. The van der Waals surface area contributed by atoms with Crippen molar-refractivity contribution in [3.05, 3.63) is 57.8 Å². The van der Waals surface area contributed by atoms with Gasteiger partial charge in [-0.15, -0.1) is 0 Å². The van der Waals surface area contributed by atoms with Gasteiger partial charge >= 0.3 is 5.97 Å². The number of nitrogens with zero attached hydrogens (tertiary/aromatic N) is 2. The van der Waals surface area contributed by atoms with Gasteiger partial charge in [0.2, 0.25) is 5.43 Å². The fourth-order valence-electron chi connectivity index (χ4n) is 2.59. The number of carboxylic acid groups (broad SMARTS) is 1. The van der Waals surface area contributed by atoms with Crippen LogP contribution >= 0.6 is 0 Å². The van der Waals surface area contributed by atoms with Crippen LogP contribution < -0.4 is 10.7 Å². The van der Waals surface area contributed by atoms with Gasteiger partial charge in [-0.1, -0.05) is 12.1 Å². The molecule has 3 rings (SSSR count). The second-order valence-corrected chi connectivity index (χ2v) is 5.99. The number of carbonyl (C=O) groups excluding carboxylic acids is 1. The van der Waals surface area contributed by atoms with Crippen molar-refractivity contribution in [1.29, 1.82) is 0 Å². The van der Waals surface area contributed by atoms with Gasteiger partial charge in [-0.05, 0) is 37.8 Å². The third-order valence-corrected chi connectivity index (χ3v) is 4.05. The number of carboxylic acids is 1. The standard InChI is InChI=1S/C17H16FN3O4/c1-9-8-13(22)15(16(23)19-14(17(24)25)10-6-7-10)20-21(9)12-5-3-2-4-11(12)18/h2-5,8,10,14H,6-7H2,1H3,(H,19,23)(H,24,25). The first-order chi connectivity index (χ1) is 11.9. The number of rotatable bonds is 5. The van der Waals surface area contributed by atoms with E-state index in [1.54, 1.807) is 13.0 Å². The Bertz CT molecular complexity index is 905. The van der Waals surface area contributed by atoms with Crippen molar-refractivity contribution >= 4 is 11.9 Å². The molecule has 1 heterocycles. The molecule has 1 aromatic heterocycles. The summed E-state index contributed by atoms with van der Waals surface area (Å²) in [6.45, 7) is 1.56. The summed E-state index contributed by atoms with van der Waals surface area (Å²) in [4.78, 5) is 35.7. The largest absolute Gasteiger partial charge is 0.480 e. The number of hydrogen-bond acceptors (Lipinski definition) is 4. The molecule has 0 spiro atoms. The van der Waals surface area contributed by atoms with Crippen molar-refractivity contribution in [3.8, 4) is 5.69 Å². The SMILES string of the molecule is Cc1cc(=O)c(C(=O)NC(C(=O)O)C2CC2)nn1-c1ccccc1F. The molecule has 1 fully saturated rings. The van der Waals surface area contributed by atoms with Gasteiger partial charge in [0, 0.05) is 11.8 Å². The fourth-order valence-corrected chi connectivity index (χ4v) is 2.59. The first kappa shape index (κ1) is 16.8. The van der Waals surface area contributed by atoms with Crippen molar-refractivity contribution in [2.45, 2.75) is 25.8 Å². The highest BCUT2D eigenvalue weighted by Crippen LogP contribution is 2.32. The van der Waals surface area contributed by atoms with Crippen LogP contribution in [-0.4, -0.2) is 32.8 Å². The van der Waals surface area contributed by atoms with Crippen LogP contribution in [0.15, 0.2) is 35.1 Å². The number of amides is 1. The molecule has 0 radical (unpaired) electrons. The maximum atomic E-state index is 14.0. The molecule has 0 aliphatic heterocycles.